The quantitative estimate of drug-likeness (QED) is 0.163. The lowest BCUT2D eigenvalue weighted by Gasteiger charge is -2.29. The maximum Gasteiger partial charge on any atom is 0.540 e. The number of hydrogen-bond acceptors (Lipinski definition) is 5. The average molecular weight is 430 g/mol. The van der Waals surface area contributed by atoms with Gasteiger partial charge in [0, 0.05) is 19.8 Å². The third-order valence-corrected chi connectivity index (χ3v) is 5.80. The van der Waals surface area contributed by atoms with Gasteiger partial charge in [0.25, 0.3) is 0 Å². The van der Waals surface area contributed by atoms with Crippen LogP contribution in [0.2, 0.25) is 0 Å². The molecule has 0 amide bonds. The minimum absolute atomic E-state index is 0.208. The maximum absolute atomic E-state index is 13.8. The van der Waals surface area contributed by atoms with Crippen molar-refractivity contribution in [3.63, 3.8) is 0 Å². The minimum atomic E-state index is -3.58. The summed E-state index contributed by atoms with van der Waals surface area (Å²) in [6, 6.07) is 0. The topological polar surface area (TPSA) is 54.0 Å². The molecule has 0 aliphatic heterocycles. The molecule has 0 heterocycles. The molecule has 0 aliphatic carbocycles. The molecule has 160 valence electrons. The second-order valence-electron chi connectivity index (χ2n) is 5.75. The SMILES string of the molecule is CCCO[Si](COC(=O)c1c(F)c(F)c(F)c(F)c1F)(OCCC)OCCC. The largest absolute Gasteiger partial charge is 0.540 e. The van der Waals surface area contributed by atoms with E-state index in [0.29, 0.717) is 19.3 Å². The predicted octanol–water partition coefficient (Wildman–Crippen LogP) is 4.30. The average Bonchev–Trinajstić information content (AvgIpc) is 2.69. The van der Waals surface area contributed by atoms with E-state index < -0.39 is 55.7 Å². The zero-order valence-electron chi connectivity index (χ0n) is 15.9. The standard InChI is InChI=1S/C17H23F5O5Si/c1-4-7-25-28(26-8-5-2,27-9-6-3)10-24-17(23)11-12(18)14(20)16(22)15(21)13(11)19/h4-10H2,1-3H3. The second kappa shape index (κ2) is 11.4. The van der Waals surface area contributed by atoms with Crippen molar-refractivity contribution in [2.24, 2.45) is 0 Å². The van der Waals surface area contributed by atoms with Crippen molar-refractivity contribution in [2.75, 3.05) is 26.1 Å². The number of carbonyl (C=O) groups is 1. The molecule has 0 aliphatic rings. The Balaban J connectivity index is 3.10. The van der Waals surface area contributed by atoms with E-state index in [1.165, 1.54) is 0 Å². The number of esters is 1. The van der Waals surface area contributed by atoms with Crippen LogP contribution in [0.5, 0.6) is 0 Å². The fourth-order valence-corrected chi connectivity index (χ4v) is 4.39. The zero-order chi connectivity index (χ0) is 21.3. The molecule has 0 fully saturated rings. The molecule has 5 nitrogen and oxygen atoms in total. The van der Waals surface area contributed by atoms with E-state index in [-0.39, 0.29) is 19.8 Å². The number of rotatable bonds is 12. The van der Waals surface area contributed by atoms with Crippen LogP contribution < -0.4 is 0 Å². The highest BCUT2D eigenvalue weighted by Gasteiger charge is 2.44. The summed E-state index contributed by atoms with van der Waals surface area (Å²) >= 11 is 0. The lowest BCUT2D eigenvalue weighted by Crippen LogP contribution is -2.52. The molecule has 0 spiro atoms. The fourth-order valence-electron chi connectivity index (χ4n) is 2.03. The van der Waals surface area contributed by atoms with Crippen molar-refractivity contribution < 1.29 is 44.8 Å². The molecule has 1 aromatic rings. The summed E-state index contributed by atoms with van der Waals surface area (Å²) < 4.78 is 88.9. The number of benzene rings is 1. The molecule has 0 N–H and O–H groups in total. The van der Waals surface area contributed by atoms with Crippen LogP contribution in [0.15, 0.2) is 0 Å². The van der Waals surface area contributed by atoms with Gasteiger partial charge in [0.2, 0.25) is 5.82 Å². The van der Waals surface area contributed by atoms with Crippen LogP contribution in [0.25, 0.3) is 0 Å². The van der Waals surface area contributed by atoms with Crippen LogP contribution in [0.3, 0.4) is 0 Å². The number of carbonyl (C=O) groups excluding carboxylic acids is 1. The number of halogens is 5. The molecule has 0 bridgehead atoms. The Morgan fingerprint density at radius 1 is 0.714 bits per heavy atom. The molecular formula is C17H23F5O5Si. The summed E-state index contributed by atoms with van der Waals surface area (Å²) in [7, 11) is -3.58. The summed E-state index contributed by atoms with van der Waals surface area (Å²) in [5, 5.41) is 0. The molecule has 11 heteroatoms. The Kier molecular flexibility index (Phi) is 10.0. The van der Waals surface area contributed by atoms with Gasteiger partial charge in [0.15, 0.2) is 29.5 Å². The molecule has 28 heavy (non-hydrogen) atoms. The van der Waals surface area contributed by atoms with Crippen LogP contribution in [0.4, 0.5) is 22.0 Å². The van der Waals surface area contributed by atoms with Crippen LogP contribution in [0, 0.1) is 29.1 Å². The van der Waals surface area contributed by atoms with Gasteiger partial charge in [-0.3, -0.25) is 0 Å². The lowest BCUT2D eigenvalue weighted by molar-refractivity contribution is 0.0187. The predicted molar refractivity (Wildman–Crippen MR) is 91.0 cm³/mol. The highest BCUT2D eigenvalue weighted by molar-refractivity contribution is 6.60. The van der Waals surface area contributed by atoms with Crippen molar-refractivity contribution in [2.45, 2.75) is 40.0 Å². The third kappa shape index (κ3) is 5.97. The van der Waals surface area contributed by atoms with Gasteiger partial charge in [-0.2, -0.15) is 0 Å². The summed E-state index contributed by atoms with van der Waals surface area (Å²) in [6.45, 7) is 6.08. The molecule has 0 saturated carbocycles. The summed E-state index contributed by atoms with van der Waals surface area (Å²) in [5.74, 6) is -13.1. The van der Waals surface area contributed by atoms with E-state index in [4.69, 9.17) is 18.0 Å². The van der Waals surface area contributed by atoms with Crippen molar-refractivity contribution in [1.82, 2.24) is 0 Å². The van der Waals surface area contributed by atoms with Crippen LogP contribution in [0.1, 0.15) is 50.4 Å². The normalized spacial score (nSPS) is 11.7. The highest BCUT2D eigenvalue weighted by atomic mass is 28.4. The van der Waals surface area contributed by atoms with Gasteiger partial charge in [-0.25, -0.2) is 26.7 Å². The van der Waals surface area contributed by atoms with Gasteiger partial charge < -0.3 is 18.0 Å². The van der Waals surface area contributed by atoms with Crippen LogP contribution in [-0.4, -0.2) is 40.8 Å². The highest BCUT2D eigenvalue weighted by Crippen LogP contribution is 2.24. The Morgan fingerprint density at radius 3 is 1.43 bits per heavy atom. The molecule has 0 radical (unpaired) electrons. The molecule has 0 unspecified atom stereocenters. The Bertz CT molecular complexity index is 623. The summed E-state index contributed by atoms with van der Waals surface area (Å²) in [6.07, 6.45) is 1.13. The number of hydrogen-bond donors (Lipinski definition) is 0. The number of ether oxygens (including phenoxy) is 1. The molecule has 1 rings (SSSR count). The van der Waals surface area contributed by atoms with Gasteiger partial charge in [0.1, 0.15) is 5.56 Å². The van der Waals surface area contributed by atoms with Crippen molar-refractivity contribution >= 4 is 14.8 Å². The van der Waals surface area contributed by atoms with Gasteiger partial charge in [-0.1, -0.05) is 20.8 Å². The monoisotopic (exact) mass is 430 g/mol. The van der Waals surface area contributed by atoms with Crippen molar-refractivity contribution in [1.29, 1.82) is 0 Å². The second-order valence-corrected chi connectivity index (χ2v) is 8.27. The van der Waals surface area contributed by atoms with E-state index in [1.54, 1.807) is 0 Å². The first-order valence-electron chi connectivity index (χ1n) is 8.85. The zero-order valence-corrected chi connectivity index (χ0v) is 16.9. The van der Waals surface area contributed by atoms with Crippen molar-refractivity contribution in [3.8, 4) is 0 Å². The molecule has 1 aromatic carbocycles. The van der Waals surface area contributed by atoms with E-state index in [0.717, 1.165) is 0 Å². The smallest absolute Gasteiger partial charge is 0.457 e. The van der Waals surface area contributed by atoms with E-state index in [2.05, 4.69) is 0 Å². The first-order chi connectivity index (χ1) is 13.2. The Morgan fingerprint density at radius 2 is 1.07 bits per heavy atom. The minimum Gasteiger partial charge on any atom is -0.457 e. The van der Waals surface area contributed by atoms with Crippen LogP contribution >= 0.6 is 0 Å². The van der Waals surface area contributed by atoms with E-state index >= 15 is 0 Å². The van der Waals surface area contributed by atoms with Crippen LogP contribution in [-0.2, 0) is 18.0 Å². The molecule has 0 atom stereocenters. The van der Waals surface area contributed by atoms with Gasteiger partial charge in [-0.05, 0) is 19.3 Å². The Hall–Kier alpha value is -1.56. The van der Waals surface area contributed by atoms with Gasteiger partial charge >= 0.3 is 14.8 Å². The van der Waals surface area contributed by atoms with E-state index in [1.807, 2.05) is 20.8 Å². The lowest BCUT2D eigenvalue weighted by atomic mass is 10.1. The molecule has 0 aromatic heterocycles. The van der Waals surface area contributed by atoms with E-state index in [9.17, 15) is 26.7 Å². The summed E-state index contributed by atoms with van der Waals surface area (Å²) in [4.78, 5) is 12.1. The third-order valence-electron chi connectivity index (χ3n) is 3.37. The molecular weight excluding hydrogens is 407 g/mol. The maximum atomic E-state index is 13.8. The van der Waals surface area contributed by atoms with Gasteiger partial charge in [0.05, 0.1) is 0 Å². The van der Waals surface area contributed by atoms with Gasteiger partial charge in [-0.15, -0.1) is 0 Å². The van der Waals surface area contributed by atoms with Crippen molar-refractivity contribution in [3.05, 3.63) is 34.6 Å². The molecule has 0 saturated heterocycles. The Labute approximate surface area is 161 Å². The fraction of sp³-hybridized carbons (Fsp3) is 0.588. The summed E-state index contributed by atoms with van der Waals surface area (Å²) in [5.41, 5.74) is -1.68. The first-order valence-corrected chi connectivity index (χ1v) is 10.8. The first kappa shape index (κ1) is 24.5.